The van der Waals surface area contributed by atoms with Crippen LogP contribution in [0.1, 0.15) is 64.9 Å². The highest BCUT2D eigenvalue weighted by molar-refractivity contribution is 6.31. The minimum atomic E-state index is -0.688. The Balaban J connectivity index is 1.67. The molecule has 2 fully saturated rings. The fourth-order valence-electron chi connectivity index (χ4n) is 5.93. The number of carbonyl (C=O) groups excluding carboxylic acids is 3. The van der Waals surface area contributed by atoms with Crippen molar-refractivity contribution in [1.82, 2.24) is 5.32 Å². The lowest BCUT2D eigenvalue weighted by Gasteiger charge is -2.26. The molecule has 31 heavy (non-hydrogen) atoms. The van der Waals surface area contributed by atoms with Gasteiger partial charge in [0.25, 0.3) is 0 Å². The van der Waals surface area contributed by atoms with E-state index in [1.54, 1.807) is 0 Å². The average molecular weight is 424 g/mol. The lowest BCUT2D eigenvalue weighted by molar-refractivity contribution is -0.151. The van der Waals surface area contributed by atoms with Crippen LogP contribution in [-0.2, 0) is 19.1 Å². The highest BCUT2D eigenvalue weighted by atomic mass is 16.5. The highest BCUT2D eigenvalue weighted by Crippen LogP contribution is 2.60. The Labute approximate surface area is 184 Å². The molecule has 1 aromatic rings. The van der Waals surface area contributed by atoms with E-state index in [0.717, 1.165) is 37.7 Å². The smallest absolute Gasteiger partial charge is 0.328 e. The number of rotatable bonds is 8. The molecule has 1 N–H and O–H groups in total. The van der Waals surface area contributed by atoms with E-state index in [1.165, 1.54) is 0 Å². The number of ketones is 1. The normalized spacial score (nSPS) is 27.5. The molecule has 0 aliphatic heterocycles. The van der Waals surface area contributed by atoms with E-state index in [2.05, 4.69) is 12.2 Å². The van der Waals surface area contributed by atoms with E-state index >= 15 is 0 Å². The number of ether oxygens (including phenoxy) is 1. The molecule has 0 spiro atoms. The number of amides is 1. The number of hydrogen-bond donors (Lipinski definition) is 1. The number of fused-ring (bicyclic) bond motifs is 5. The summed E-state index contributed by atoms with van der Waals surface area (Å²) in [6, 6.07) is 8.84. The SMILES string of the molecule is CCCC[C@H](NC(=O)C1=C(c2ccccc2)C(=O)[C@@H]2[C@H]3CC[C@H](C3)[C@H]12)C(=O)OC(C)C. The van der Waals surface area contributed by atoms with Crippen LogP contribution in [0.3, 0.4) is 0 Å². The van der Waals surface area contributed by atoms with Crippen molar-refractivity contribution in [3.05, 3.63) is 41.5 Å². The van der Waals surface area contributed by atoms with E-state index in [0.29, 0.717) is 29.4 Å². The number of hydrogen-bond acceptors (Lipinski definition) is 4. The van der Waals surface area contributed by atoms with Gasteiger partial charge in [-0.1, -0.05) is 50.1 Å². The number of Topliss-reactive ketones (excluding diaryl/α,β-unsaturated/α-hetero) is 1. The Morgan fingerprint density at radius 3 is 2.42 bits per heavy atom. The van der Waals surface area contributed by atoms with Gasteiger partial charge in [-0.3, -0.25) is 9.59 Å². The van der Waals surface area contributed by atoms with Crippen molar-refractivity contribution in [2.45, 2.75) is 71.4 Å². The average Bonchev–Trinajstić information content (AvgIpc) is 3.43. The summed E-state index contributed by atoms with van der Waals surface area (Å²) in [5.74, 6) is 0.122. The van der Waals surface area contributed by atoms with Crippen LogP contribution in [0.5, 0.6) is 0 Å². The van der Waals surface area contributed by atoms with E-state index in [9.17, 15) is 14.4 Å². The number of carbonyl (C=O) groups is 3. The fraction of sp³-hybridized carbons (Fsp3) is 0.577. The molecule has 4 rings (SSSR count). The predicted octanol–water partition coefficient (Wildman–Crippen LogP) is 4.31. The Bertz CT molecular complexity index is 888. The van der Waals surface area contributed by atoms with Gasteiger partial charge in [0.1, 0.15) is 6.04 Å². The van der Waals surface area contributed by atoms with Crippen molar-refractivity contribution < 1.29 is 19.1 Å². The third kappa shape index (κ3) is 4.07. The maximum atomic E-state index is 13.6. The van der Waals surface area contributed by atoms with Gasteiger partial charge in [-0.2, -0.15) is 0 Å². The molecular formula is C26H33NO4. The second-order valence-electron chi connectivity index (χ2n) is 9.56. The minimum absolute atomic E-state index is 0.0191. The molecule has 5 heteroatoms. The summed E-state index contributed by atoms with van der Waals surface area (Å²) in [5.41, 5.74) is 1.98. The van der Waals surface area contributed by atoms with Gasteiger partial charge >= 0.3 is 5.97 Å². The minimum Gasteiger partial charge on any atom is -0.461 e. The van der Waals surface area contributed by atoms with Crippen LogP contribution in [0.2, 0.25) is 0 Å². The first-order chi connectivity index (χ1) is 14.9. The van der Waals surface area contributed by atoms with Crippen LogP contribution in [0.15, 0.2) is 35.9 Å². The molecule has 1 aromatic carbocycles. The monoisotopic (exact) mass is 423 g/mol. The lowest BCUT2D eigenvalue weighted by Crippen LogP contribution is -2.44. The van der Waals surface area contributed by atoms with Gasteiger partial charge in [0.05, 0.1) is 6.10 Å². The van der Waals surface area contributed by atoms with E-state index in [-0.39, 0.29) is 29.6 Å². The molecule has 166 valence electrons. The number of esters is 1. The number of nitrogens with one attached hydrogen (secondary N) is 1. The molecule has 2 saturated carbocycles. The summed E-state index contributed by atoms with van der Waals surface area (Å²) < 4.78 is 5.40. The Morgan fingerprint density at radius 2 is 1.77 bits per heavy atom. The zero-order valence-corrected chi connectivity index (χ0v) is 18.7. The Hall–Kier alpha value is -2.43. The van der Waals surface area contributed by atoms with Crippen LogP contribution in [0.4, 0.5) is 0 Å². The second kappa shape index (κ2) is 8.97. The first-order valence-electron chi connectivity index (χ1n) is 11.8. The second-order valence-corrected chi connectivity index (χ2v) is 9.56. The molecule has 5 nitrogen and oxygen atoms in total. The zero-order chi connectivity index (χ0) is 22.1. The van der Waals surface area contributed by atoms with Crippen molar-refractivity contribution in [2.75, 3.05) is 0 Å². The molecule has 3 aliphatic carbocycles. The first kappa shape index (κ1) is 21.8. The number of allylic oxidation sites excluding steroid dienone is 1. The Kier molecular flexibility index (Phi) is 6.31. The Morgan fingerprint density at radius 1 is 1.10 bits per heavy atom. The van der Waals surface area contributed by atoms with Crippen molar-refractivity contribution >= 4 is 23.2 Å². The molecule has 0 aromatic heterocycles. The molecule has 5 atom stereocenters. The molecule has 3 aliphatic rings. The molecule has 1 amide bonds. The van der Waals surface area contributed by atoms with Crippen molar-refractivity contribution in [3.8, 4) is 0 Å². The van der Waals surface area contributed by atoms with Crippen LogP contribution in [0.25, 0.3) is 5.57 Å². The third-order valence-corrected chi connectivity index (χ3v) is 7.16. The summed E-state index contributed by atoms with van der Waals surface area (Å²) in [4.78, 5) is 39.8. The van der Waals surface area contributed by atoms with Gasteiger partial charge in [-0.15, -0.1) is 0 Å². The molecule has 0 heterocycles. The number of unbranched alkanes of at least 4 members (excludes halogenated alkanes) is 1. The van der Waals surface area contributed by atoms with Crippen LogP contribution < -0.4 is 5.32 Å². The van der Waals surface area contributed by atoms with E-state index in [1.807, 2.05) is 44.2 Å². The van der Waals surface area contributed by atoms with Crippen LogP contribution >= 0.6 is 0 Å². The largest absolute Gasteiger partial charge is 0.461 e. The molecule has 2 bridgehead atoms. The summed E-state index contributed by atoms with van der Waals surface area (Å²) >= 11 is 0. The molecular weight excluding hydrogens is 390 g/mol. The zero-order valence-electron chi connectivity index (χ0n) is 18.7. The molecule has 0 radical (unpaired) electrons. The lowest BCUT2D eigenvalue weighted by atomic mass is 9.78. The summed E-state index contributed by atoms with van der Waals surface area (Å²) in [7, 11) is 0. The molecule has 0 unspecified atom stereocenters. The van der Waals surface area contributed by atoms with Crippen molar-refractivity contribution in [1.29, 1.82) is 0 Å². The van der Waals surface area contributed by atoms with Gasteiger partial charge in [0.15, 0.2) is 5.78 Å². The number of benzene rings is 1. The fourth-order valence-corrected chi connectivity index (χ4v) is 5.93. The molecule has 0 saturated heterocycles. The summed E-state index contributed by atoms with van der Waals surface area (Å²) in [5, 5.41) is 2.97. The standard InChI is InChI=1S/C26H33NO4/c1-4-5-11-19(26(30)31-15(2)3)27-25(29)23-20-17-12-13-18(14-17)22(20)24(28)21(23)16-9-7-6-8-10-16/h6-10,15,17-20,22H,4-5,11-14H2,1-3H3,(H,27,29)/t17-,18+,19+,20+,22-/m1/s1. The maximum absolute atomic E-state index is 13.6. The van der Waals surface area contributed by atoms with E-state index < -0.39 is 12.0 Å². The van der Waals surface area contributed by atoms with Crippen molar-refractivity contribution in [3.63, 3.8) is 0 Å². The topological polar surface area (TPSA) is 72.5 Å². The van der Waals surface area contributed by atoms with E-state index in [4.69, 9.17) is 4.74 Å². The van der Waals surface area contributed by atoms with Gasteiger partial charge in [-0.05, 0) is 56.9 Å². The third-order valence-electron chi connectivity index (χ3n) is 7.16. The predicted molar refractivity (Wildman–Crippen MR) is 119 cm³/mol. The van der Waals surface area contributed by atoms with Gasteiger partial charge in [-0.25, -0.2) is 4.79 Å². The van der Waals surface area contributed by atoms with Crippen LogP contribution in [-0.4, -0.2) is 29.8 Å². The summed E-state index contributed by atoms with van der Waals surface area (Å²) in [6.45, 7) is 5.67. The maximum Gasteiger partial charge on any atom is 0.328 e. The quantitative estimate of drug-likeness (QED) is 0.633. The van der Waals surface area contributed by atoms with Gasteiger partial charge < -0.3 is 10.1 Å². The highest BCUT2D eigenvalue weighted by Gasteiger charge is 2.58. The first-order valence-corrected chi connectivity index (χ1v) is 11.8. The van der Waals surface area contributed by atoms with Crippen LogP contribution in [0, 0.1) is 23.7 Å². The van der Waals surface area contributed by atoms with Crippen molar-refractivity contribution in [2.24, 2.45) is 23.7 Å². The summed E-state index contributed by atoms with van der Waals surface area (Å²) in [6.07, 6.45) is 5.23. The van der Waals surface area contributed by atoms with Gasteiger partial charge in [0, 0.05) is 23.0 Å². The van der Waals surface area contributed by atoms with Gasteiger partial charge in [0.2, 0.25) is 5.91 Å².